The Hall–Kier alpha value is -6.37. The summed E-state index contributed by atoms with van der Waals surface area (Å²) in [5.41, 5.74) is 3.56. The number of carboxylic acid groups (broad SMARTS) is 1. The molecular weight excluding hydrogens is 855 g/mol. The number of hydrogen-bond acceptors (Lipinski definition) is 9. The highest BCUT2D eigenvalue weighted by Crippen LogP contribution is 2.42. The first-order valence-corrected chi connectivity index (χ1v) is 21.4. The van der Waals surface area contributed by atoms with Gasteiger partial charge in [0.25, 0.3) is 5.91 Å². The van der Waals surface area contributed by atoms with Crippen molar-refractivity contribution < 1.29 is 56.5 Å². The third-order valence-corrected chi connectivity index (χ3v) is 11.7. The molecule has 1 aromatic heterocycles. The number of likely N-dealkylation sites (tertiary alicyclic amines) is 1. The Morgan fingerprint density at radius 2 is 1.57 bits per heavy atom. The Bertz CT molecular complexity index is 2360. The first kappa shape index (κ1) is 48.1. The number of aryl methyl sites for hydroxylation is 1. The molecule has 0 spiro atoms. The number of hydrogen-bond donors (Lipinski definition) is 6. The van der Waals surface area contributed by atoms with E-state index in [0.29, 0.717) is 44.3 Å². The van der Waals surface area contributed by atoms with Crippen LogP contribution in [0.1, 0.15) is 86.6 Å². The highest BCUT2D eigenvalue weighted by molar-refractivity contribution is 5.98. The predicted molar refractivity (Wildman–Crippen MR) is 230 cm³/mol. The number of halogens is 4. The molecule has 15 nitrogen and oxygen atoms in total. The molecule has 6 rings (SSSR count). The number of aliphatic hydroxyl groups excluding tert-OH is 1. The first-order chi connectivity index (χ1) is 30.7. The lowest BCUT2D eigenvalue weighted by molar-refractivity contribution is -0.231. The predicted octanol–water partition coefficient (Wildman–Crippen LogP) is 6.85. The van der Waals surface area contributed by atoms with Crippen LogP contribution in [0.2, 0.25) is 0 Å². The van der Waals surface area contributed by atoms with Gasteiger partial charge >= 0.3 is 23.9 Å². The van der Waals surface area contributed by atoms with E-state index in [1.807, 2.05) is 43.3 Å². The maximum atomic E-state index is 14.3. The summed E-state index contributed by atoms with van der Waals surface area (Å²) in [7, 11) is 0. The normalized spacial score (nSPS) is 18.4. The number of alkyl halides is 4. The van der Waals surface area contributed by atoms with Crippen LogP contribution in [0.5, 0.6) is 0 Å². The number of rotatable bonds is 15. The summed E-state index contributed by atoms with van der Waals surface area (Å²) in [5.74, 6) is -17.0. The van der Waals surface area contributed by atoms with Gasteiger partial charge in [-0.2, -0.15) is 22.7 Å². The van der Waals surface area contributed by atoms with Gasteiger partial charge < -0.3 is 35.8 Å². The zero-order chi connectivity index (χ0) is 47.3. The molecule has 0 radical (unpaired) electrons. The van der Waals surface area contributed by atoms with Crippen molar-refractivity contribution in [2.24, 2.45) is 11.8 Å². The van der Waals surface area contributed by atoms with E-state index in [2.05, 4.69) is 26.0 Å². The average Bonchev–Trinajstić information content (AvgIpc) is 3.97. The third kappa shape index (κ3) is 11.5. The summed E-state index contributed by atoms with van der Waals surface area (Å²) < 4.78 is 61.5. The number of aliphatic hydroxyl groups is 1. The SMILES string of the molecule is Cc1cc(C(=O)N2CCC[C@H]2CO)ccc1-c1ccc(CC(NC(=O)C2CCC(CNC(=O)OC(C)(C)C)CC2)C(=O)Nc2ccc(-c3n[nH]c(C(F)(F)C(F)(F)C(=O)O)n3)cc2)cc1. The number of amides is 4. The molecule has 1 saturated carbocycles. The zero-order valence-electron chi connectivity index (χ0n) is 36.4. The van der Waals surface area contributed by atoms with Gasteiger partial charge in [-0.3, -0.25) is 19.5 Å². The molecule has 65 heavy (non-hydrogen) atoms. The number of carbonyl (C=O) groups is 5. The van der Waals surface area contributed by atoms with Crippen LogP contribution in [0.25, 0.3) is 22.5 Å². The van der Waals surface area contributed by atoms with E-state index in [1.165, 1.54) is 24.3 Å². The smallest absolute Gasteiger partial charge is 0.411 e. The molecule has 1 saturated heterocycles. The molecule has 2 aliphatic rings. The van der Waals surface area contributed by atoms with Gasteiger partial charge in [-0.15, -0.1) is 0 Å². The number of anilines is 1. The molecule has 4 amide bonds. The fourth-order valence-electron chi connectivity index (χ4n) is 8.05. The van der Waals surface area contributed by atoms with E-state index in [1.54, 1.807) is 36.8 Å². The zero-order valence-corrected chi connectivity index (χ0v) is 36.4. The van der Waals surface area contributed by atoms with Crippen LogP contribution in [-0.4, -0.2) is 103 Å². The number of nitrogens with zero attached hydrogens (tertiary/aromatic N) is 3. The van der Waals surface area contributed by atoms with Crippen molar-refractivity contribution in [3.63, 3.8) is 0 Å². The Labute approximate surface area is 372 Å². The minimum atomic E-state index is -5.46. The second-order valence-electron chi connectivity index (χ2n) is 17.6. The molecule has 4 aromatic rings. The summed E-state index contributed by atoms with van der Waals surface area (Å²) >= 11 is 0. The van der Waals surface area contributed by atoms with Gasteiger partial charge in [0, 0.05) is 42.2 Å². The molecule has 348 valence electrons. The number of aliphatic carboxylic acids is 1. The highest BCUT2D eigenvalue weighted by atomic mass is 19.3. The quantitative estimate of drug-likeness (QED) is 0.0682. The van der Waals surface area contributed by atoms with Crippen LogP contribution < -0.4 is 16.0 Å². The van der Waals surface area contributed by atoms with Gasteiger partial charge in [0.15, 0.2) is 5.82 Å². The molecule has 1 unspecified atom stereocenters. The number of aromatic amines is 1. The fraction of sp³-hybridized carbons (Fsp3) is 0.457. The van der Waals surface area contributed by atoms with Crippen molar-refractivity contribution in [2.45, 2.75) is 102 Å². The van der Waals surface area contributed by atoms with Crippen LogP contribution in [-0.2, 0) is 31.5 Å². The van der Waals surface area contributed by atoms with Gasteiger partial charge in [-0.05, 0) is 131 Å². The molecule has 2 atom stereocenters. The van der Waals surface area contributed by atoms with Gasteiger partial charge in [0.1, 0.15) is 11.6 Å². The largest absolute Gasteiger partial charge is 0.477 e. The number of nitrogens with one attached hydrogen (secondary N) is 4. The maximum absolute atomic E-state index is 14.3. The third-order valence-electron chi connectivity index (χ3n) is 11.7. The number of ether oxygens (including phenoxy) is 1. The Kier molecular flexibility index (Phi) is 14.6. The van der Waals surface area contributed by atoms with E-state index in [9.17, 15) is 46.6 Å². The van der Waals surface area contributed by atoms with Crippen molar-refractivity contribution in [3.05, 3.63) is 89.2 Å². The Balaban J connectivity index is 1.15. The minimum absolute atomic E-state index is 0.0835. The monoisotopic (exact) mass is 907 g/mol. The summed E-state index contributed by atoms with van der Waals surface area (Å²) in [6.45, 7) is 8.15. The van der Waals surface area contributed by atoms with Crippen LogP contribution in [0.3, 0.4) is 0 Å². The standard InChI is InChI=1S/C46H53F4N7O8/c1-26-22-32(40(61)57-21-5-6-34(57)25-58)17-20-35(26)29-11-7-27(8-12-29)23-36(53-38(59)31-13-9-28(10-14-31)24-51-43(64)65-44(2,3)4)39(60)52-33-18-15-30(16-19-33)37-54-41(56-55-37)45(47,48)46(49,50)42(62)63/h7-8,11-12,15-20,22,28,31,34,36,58H,5-6,9-10,13-14,21,23-25H2,1-4H3,(H,51,64)(H,52,60)(H,53,59)(H,62,63)(H,54,55,56)/t28?,31?,34-,36?/m0/s1. The summed E-state index contributed by atoms with van der Waals surface area (Å²) in [4.78, 5) is 69.0. The first-order valence-electron chi connectivity index (χ1n) is 21.4. The number of aromatic nitrogens is 3. The van der Waals surface area contributed by atoms with Crippen LogP contribution in [0.15, 0.2) is 66.7 Å². The second kappa shape index (κ2) is 19.8. The van der Waals surface area contributed by atoms with Crippen LogP contribution in [0.4, 0.5) is 28.0 Å². The molecule has 3 aromatic carbocycles. The number of benzene rings is 3. The number of carboxylic acids is 1. The molecule has 1 aliphatic heterocycles. The van der Waals surface area contributed by atoms with Crippen molar-refractivity contribution in [1.29, 1.82) is 0 Å². The molecule has 0 bridgehead atoms. The lowest BCUT2D eigenvalue weighted by Gasteiger charge is -2.29. The van der Waals surface area contributed by atoms with E-state index >= 15 is 0 Å². The molecule has 2 heterocycles. The molecule has 2 fully saturated rings. The minimum Gasteiger partial charge on any atom is -0.477 e. The highest BCUT2D eigenvalue weighted by Gasteiger charge is 2.65. The van der Waals surface area contributed by atoms with Crippen LogP contribution in [0, 0.1) is 18.8 Å². The van der Waals surface area contributed by atoms with Crippen molar-refractivity contribution in [3.8, 4) is 22.5 Å². The topological polar surface area (TPSA) is 216 Å². The van der Waals surface area contributed by atoms with Crippen molar-refractivity contribution in [2.75, 3.05) is 25.0 Å². The van der Waals surface area contributed by atoms with E-state index in [4.69, 9.17) is 9.84 Å². The molecular formula is C46H53F4N7O8. The van der Waals surface area contributed by atoms with Crippen molar-refractivity contribution >= 4 is 35.5 Å². The van der Waals surface area contributed by atoms with E-state index < -0.39 is 59.0 Å². The Morgan fingerprint density at radius 1 is 0.908 bits per heavy atom. The molecule has 19 heteroatoms. The lowest BCUT2D eigenvalue weighted by Crippen LogP contribution is -2.48. The van der Waals surface area contributed by atoms with Crippen molar-refractivity contribution in [1.82, 2.24) is 30.7 Å². The number of carbonyl (C=O) groups excluding carboxylic acids is 4. The van der Waals surface area contributed by atoms with Gasteiger partial charge in [-0.1, -0.05) is 30.3 Å². The van der Waals surface area contributed by atoms with E-state index in [0.717, 1.165) is 35.1 Å². The second-order valence-corrected chi connectivity index (χ2v) is 17.6. The molecule has 1 aliphatic carbocycles. The number of alkyl carbamates (subject to hydrolysis) is 1. The Morgan fingerprint density at radius 3 is 2.18 bits per heavy atom. The number of H-pyrrole nitrogens is 1. The average molecular weight is 908 g/mol. The van der Waals surface area contributed by atoms with Gasteiger partial charge in [0.2, 0.25) is 17.6 Å². The van der Waals surface area contributed by atoms with E-state index in [-0.39, 0.29) is 48.1 Å². The van der Waals surface area contributed by atoms with Gasteiger partial charge in [0.05, 0.1) is 12.6 Å². The summed E-state index contributed by atoms with van der Waals surface area (Å²) in [6, 6.07) is 17.1. The maximum Gasteiger partial charge on any atom is 0.411 e. The van der Waals surface area contributed by atoms with Crippen LogP contribution >= 0.6 is 0 Å². The summed E-state index contributed by atoms with van der Waals surface area (Å²) in [6.07, 6.45) is 3.57. The lowest BCUT2D eigenvalue weighted by atomic mass is 9.81. The molecule has 6 N–H and O–H groups in total. The summed E-state index contributed by atoms with van der Waals surface area (Å²) in [5, 5.41) is 32.0. The fourth-order valence-corrected chi connectivity index (χ4v) is 8.05. The van der Waals surface area contributed by atoms with Gasteiger partial charge in [-0.25, -0.2) is 14.6 Å².